The first-order valence-electron chi connectivity index (χ1n) is 8.60. The lowest BCUT2D eigenvalue weighted by Gasteiger charge is -2.09. The second kappa shape index (κ2) is 7.96. The molecule has 0 unspecified atom stereocenters. The molecule has 2 aromatic carbocycles. The number of halogens is 2. The Morgan fingerprint density at radius 3 is 2.54 bits per heavy atom. The zero-order valence-corrected chi connectivity index (χ0v) is 16.2. The maximum absolute atomic E-state index is 12.6. The van der Waals surface area contributed by atoms with Gasteiger partial charge in [0.2, 0.25) is 0 Å². The second-order valence-corrected chi connectivity index (χ2v) is 7.06. The van der Waals surface area contributed by atoms with Gasteiger partial charge in [-0.1, -0.05) is 53.5 Å². The van der Waals surface area contributed by atoms with Crippen molar-refractivity contribution in [1.29, 1.82) is 0 Å². The van der Waals surface area contributed by atoms with Gasteiger partial charge in [0, 0.05) is 22.2 Å². The average molecular weight is 412 g/mol. The van der Waals surface area contributed by atoms with E-state index in [0.717, 1.165) is 17.5 Å². The van der Waals surface area contributed by atoms with Gasteiger partial charge in [-0.3, -0.25) is 4.79 Å². The summed E-state index contributed by atoms with van der Waals surface area (Å²) in [5.74, 6) is -0.277. The summed E-state index contributed by atoms with van der Waals surface area (Å²) >= 11 is 12.3. The van der Waals surface area contributed by atoms with Crippen molar-refractivity contribution in [2.24, 2.45) is 0 Å². The Kier molecular flexibility index (Phi) is 5.23. The van der Waals surface area contributed by atoms with Gasteiger partial charge in [-0.05, 0) is 41.8 Å². The summed E-state index contributed by atoms with van der Waals surface area (Å²) in [6.07, 6.45) is 2.18. The third-order valence-corrected chi connectivity index (χ3v) is 4.65. The van der Waals surface area contributed by atoms with Crippen LogP contribution >= 0.6 is 23.2 Å². The van der Waals surface area contributed by atoms with Gasteiger partial charge in [0.1, 0.15) is 12.0 Å². The van der Waals surface area contributed by atoms with Crippen LogP contribution in [0.4, 0.5) is 0 Å². The highest BCUT2D eigenvalue weighted by Crippen LogP contribution is 2.29. The minimum atomic E-state index is -0.277. The molecule has 6 nitrogen and oxygen atoms in total. The van der Waals surface area contributed by atoms with Gasteiger partial charge in [0.25, 0.3) is 5.91 Å². The SMILES string of the molecule is O=C(NCCc1ccccc1)c1cc(-c2cc(Cl)cc(Cl)c2)c2nncn2n1. The molecular weight excluding hydrogens is 397 g/mol. The maximum atomic E-state index is 12.6. The third-order valence-electron chi connectivity index (χ3n) is 4.22. The number of hydrogen-bond donors (Lipinski definition) is 1. The predicted molar refractivity (Wildman–Crippen MR) is 109 cm³/mol. The number of carbonyl (C=O) groups is 1. The molecule has 0 bridgehead atoms. The number of aromatic nitrogens is 4. The Bertz CT molecular complexity index is 1120. The van der Waals surface area contributed by atoms with Crippen LogP contribution in [0.2, 0.25) is 10.0 Å². The van der Waals surface area contributed by atoms with Crippen molar-refractivity contribution in [1.82, 2.24) is 25.1 Å². The molecule has 0 fully saturated rings. The highest BCUT2D eigenvalue weighted by molar-refractivity contribution is 6.35. The Morgan fingerprint density at radius 2 is 1.79 bits per heavy atom. The van der Waals surface area contributed by atoms with Gasteiger partial charge in [-0.2, -0.15) is 9.61 Å². The zero-order chi connectivity index (χ0) is 19.5. The molecule has 0 aliphatic rings. The highest BCUT2D eigenvalue weighted by Gasteiger charge is 2.15. The first-order valence-corrected chi connectivity index (χ1v) is 9.35. The Balaban J connectivity index is 1.61. The molecule has 4 rings (SSSR count). The van der Waals surface area contributed by atoms with Crippen LogP contribution in [0.3, 0.4) is 0 Å². The van der Waals surface area contributed by atoms with Crippen LogP contribution in [-0.2, 0) is 6.42 Å². The van der Waals surface area contributed by atoms with Gasteiger partial charge in [0.05, 0.1) is 0 Å². The molecule has 1 amide bonds. The molecule has 0 aliphatic carbocycles. The number of nitrogens with one attached hydrogen (secondary N) is 1. The van der Waals surface area contributed by atoms with E-state index in [1.807, 2.05) is 30.3 Å². The van der Waals surface area contributed by atoms with Gasteiger partial charge in [0.15, 0.2) is 5.65 Å². The fourth-order valence-corrected chi connectivity index (χ4v) is 3.44. The van der Waals surface area contributed by atoms with Crippen molar-refractivity contribution in [2.75, 3.05) is 6.54 Å². The van der Waals surface area contributed by atoms with E-state index < -0.39 is 0 Å². The summed E-state index contributed by atoms with van der Waals surface area (Å²) in [6.45, 7) is 0.503. The van der Waals surface area contributed by atoms with Gasteiger partial charge in [-0.15, -0.1) is 10.2 Å². The van der Waals surface area contributed by atoms with Crippen molar-refractivity contribution < 1.29 is 4.79 Å². The van der Waals surface area contributed by atoms with Crippen LogP contribution < -0.4 is 5.32 Å². The lowest BCUT2D eigenvalue weighted by atomic mass is 10.1. The second-order valence-electron chi connectivity index (χ2n) is 6.19. The monoisotopic (exact) mass is 411 g/mol. The van der Waals surface area contributed by atoms with Gasteiger partial charge < -0.3 is 5.32 Å². The van der Waals surface area contributed by atoms with Crippen LogP contribution in [0.25, 0.3) is 16.8 Å². The maximum Gasteiger partial charge on any atom is 0.271 e. The highest BCUT2D eigenvalue weighted by atomic mass is 35.5. The number of hydrogen-bond acceptors (Lipinski definition) is 4. The van der Waals surface area contributed by atoms with Crippen molar-refractivity contribution in [3.05, 3.63) is 82.2 Å². The fraction of sp³-hybridized carbons (Fsp3) is 0.100. The lowest BCUT2D eigenvalue weighted by molar-refractivity contribution is 0.0948. The van der Waals surface area contributed by atoms with Crippen LogP contribution in [0.15, 0.2) is 60.9 Å². The van der Waals surface area contributed by atoms with E-state index in [-0.39, 0.29) is 11.6 Å². The lowest BCUT2D eigenvalue weighted by Crippen LogP contribution is -2.27. The molecule has 4 aromatic rings. The van der Waals surface area contributed by atoms with Crippen LogP contribution in [0.1, 0.15) is 16.1 Å². The quantitative estimate of drug-likeness (QED) is 0.537. The number of benzene rings is 2. The molecule has 0 saturated carbocycles. The Morgan fingerprint density at radius 1 is 1.04 bits per heavy atom. The minimum Gasteiger partial charge on any atom is -0.350 e. The minimum absolute atomic E-state index is 0.256. The summed E-state index contributed by atoms with van der Waals surface area (Å²) in [6, 6.07) is 16.8. The summed E-state index contributed by atoms with van der Waals surface area (Å²) in [7, 11) is 0. The molecule has 0 radical (unpaired) electrons. The molecule has 2 aromatic heterocycles. The first kappa shape index (κ1) is 18.4. The molecule has 0 saturated heterocycles. The fourth-order valence-electron chi connectivity index (χ4n) is 2.91. The smallest absolute Gasteiger partial charge is 0.271 e. The van der Waals surface area contributed by atoms with Crippen molar-refractivity contribution in [2.45, 2.75) is 6.42 Å². The number of nitrogens with zero attached hydrogens (tertiary/aromatic N) is 4. The van der Waals surface area contributed by atoms with E-state index in [1.54, 1.807) is 24.3 Å². The molecule has 140 valence electrons. The van der Waals surface area contributed by atoms with Gasteiger partial charge >= 0.3 is 0 Å². The number of rotatable bonds is 5. The van der Waals surface area contributed by atoms with Crippen LogP contribution in [0.5, 0.6) is 0 Å². The molecule has 2 heterocycles. The van der Waals surface area contributed by atoms with Crippen LogP contribution in [-0.4, -0.2) is 32.3 Å². The molecule has 28 heavy (non-hydrogen) atoms. The Hall–Kier alpha value is -2.96. The van der Waals surface area contributed by atoms with E-state index in [4.69, 9.17) is 23.2 Å². The standard InChI is InChI=1S/C20H15Cl2N5O/c21-15-8-14(9-16(22)10-15)17-11-18(26-27-12-24-25-19(17)27)20(28)23-7-6-13-4-2-1-3-5-13/h1-5,8-12H,6-7H2,(H,23,28). The van der Waals surface area contributed by atoms with Crippen molar-refractivity contribution >= 4 is 34.8 Å². The van der Waals surface area contributed by atoms with Crippen molar-refractivity contribution in [3.8, 4) is 11.1 Å². The summed E-state index contributed by atoms with van der Waals surface area (Å²) in [5, 5.41) is 16.2. The summed E-state index contributed by atoms with van der Waals surface area (Å²) in [5.41, 5.74) is 3.33. The predicted octanol–water partition coefficient (Wildman–Crippen LogP) is 4.07. The van der Waals surface area contributed by atoms with E-state index in [2.05, 4.69) is 20.6 Å². The first-order chi connectivity index (χ1) is 13.6. The van der Waals surface area contributed by atoms with Crippen LogP contribution in [0, 0.1) is 0 Å². The summed E-state index contributed by atoms with van der Waals surface area (Å²) in [4.78, 5) is 12.6. The van der Waals surface area contributed by atoms with E-state index in [0.29, 0.717) is 27.8 Å². The molecule has 1 N–H and O–H groups in total. The number of fused-ring (bicyclic) bond motifs is 1. The third kappa shape index (κ3) is 3.98. The molecule has 0 spiro atoms. The molecule has 0 atom stereocenters. The average Bonchev–Trinajstić information content (AvgIpc) is 3.16. The number of amides is 1. The van der Waals surface area contributed by atoms with E-state index in [9.17, 15) is 4.79 Å². The van der Waals surface area contributed by atoms with Crippen molar-refractivity contribution in [3.63, 3.8) is 0 Å². The van der Waals surface area contributed by atoms with E-state index in [1.165, 1.54) is 10.8 Å². The molecule has 8 heteroatoms. The van der Waals surface area contributed by atoms with Gasteiger partial charge in [-0.25, -0.2) is 0 Å². The number of carbonyl (C=O) groups excluding carboxylic acids is 1. The molecular formula is C20H15Cl2N5O. The zero-order valence-electron chi connectivity index (χ0n) is 14.6. The Labute approximate surface area is 171 Å². The largest absolute Gasteiger partial charge is 0.350 e. The topological polar surface area (TPSA) is 72.2 Å². The molecule has 0 aliphatic heterocycles. The normalized spacial score (nSPS) is 10.9. The van der Waals surface area contributed by atoms with E-state index >= 15 is 0 Å². The summed E-state index contributed by atoms with van der Waals surface area (Å²) < 4.78 is 1.47.